The lowest BCUT2D eigenvalue weighted by atomic mass is 10.0. The maximum Gasteiger partial charge on any atom is 0.224 e. The lowest BCUT2D eigenvalue weighted by Gasteiger charge is -2.23. The van der Waals surface area contributed by atoms with E-state index in [1.54, 1.807) is 123 Å². The molecule has 33 heteroatoms. The first-order valence-corrected chi connectivity index (χ1v) is 42.5. The van der Waals surface area contributed by atoms with Crippen molar-refractivity contribution in [3.8, 4) is 74.9 Å². The molecule has 1 aliphatic heterocycles. The molecule has 0 saturated carbocycles. The van der Waals surface area contributed by atoms with Crippen molar-refractivity contribution in [1.82, 2.24) is 61.1 Å². The number of nitrogens with one attached hydrogen (secondary N) is 4. The van der Waals surface area contributed by atoms with Crippen LogP contribution in [0, 0.1) is 17.6 Å². The second kappa shape index (κ2) is 44.5. The predicted molar refractivity (Wildman–Crippen MR) is 505 cm³/mol. The topological polar surface area (TPSA) is 387 Å². The number of methoxy groups -OCH3 is 9. The number of carbonyl (C=O) groups is 4. The number of nitrogens with zero attached hydrogens (tertiary/aromatic N) is 8. The van der Waals surface area contributed by atoms with Crippen molar-refractivity contribution in [3.05, 3.63) is 313 Å². The maximum atomic E-state index is 14.9. The van der Waals surface area contributed by atoms with Crippen LogP contribution in [0.3, 0.4) is 0 Å². The van der Waals surface area contributed by atoms with Crippen molar-refractivity contribution < 1.29 is 99.8 Å². The molecule has 8 N–H and O–H groups in total. The Labute approximate surface area is 781 Å². The summed E-state index contributed by atoms with van der Waals surface area (Å²) in [5.74, 6) is 0.635. The van der Waals surface area contributed by atoms with Crippen LogP contribution in [-0.2, 0) is 45.4 Å². The van der Waals surface area contributed by atoms with Gasteiger partial charge in [0.25, 0.3) is 0 Å². The number of halogens is 3. The SMILES string of the molecule is COc1cc(/C=C2/C(C)=C(CC(=O)NCc3ccccn3)c3c(F)cncc32)cc(OC)c1O.COc1cc(/C=C2/C(C)=C(CC(=O)NCc3ccncc3)c3cc(F)ncc32)cc(OC)c1O.COc1cc(/C=C2\c3ncc(F)cc3C(CC(=O)NCc3cccnc3)N2C)cc(OC)c1O.COc1cc2c(cn1)C(CC(=O)NCc1ccco1)=C(C)/C2=C/c1cc(OC)c(O)c(OC)c1. The van der Waals surface area contributed by atoms with Crippen molar-refractivity contribution in [2.45, 2.75) is 78.7 Å². The van der Waals surface area contributed by atoms with Gasteiger partial charge in [0, 0.05) is 110 Å². The summed E-state index contributed by atoms with van der Waals surface area (Å²) in [6, 6.07) is 34.1. The molecule has 0 saturated heterocycles. The minimum Gasteiger partial charge on any atom is -0.502 e. The van der Waals surface area contributed by atoms with Crippen LogP contribution in [0.1, 0.15) is 142 Å². The first-order valence-electron chi connectivity index (χ1n) is 42.5. The van der Waals surface area contributed by atoms with Crippen LogP contribution < -0.4 is 63.9 Å². The largest absolute Gasteiger partial charge is 0.502 e. The van der Waals surface area contributed by atoms with Gasteiger partial charge in [-0.1, -0.05) is 12.1 Å². The van der Waals surface area contributed by atoms with E-state index in [4.69, 9.17) is 47.0 Å². The molecule has 1 unspecified atom stereocenters. The molecule has 700 valence electrons. The highest BCUT2D eigenvalue weighted by molar-refractivity contribution is 6.11. The highest BCUT2D eigenvalue weighted by Crippen LogP contribution is 2.51. The Morgan fingerprint density at radius 1 is 0.419 bits per heavy atom. The van der Waals surface area contributed by atoms with Gasteiger partial charge in [-0.3, -0.25) is 44.1 Å². The molecule has 0 fully saturated rings. The number of benzene rings is 4. The van der Waals surface area contributed by atoms with E-state index in [1.165, 1.54) is 75.2 Å². The third-order valence-corrected chi connectivity index (χ3v) is 22.9. The van der Waals surface area contributed by atoms with Crippen LogP contribution in [0.4, 0.5) is 13.2 Å². The van der Waals surface area contributed by atoms with Crippen molar-refractivity contribution in [2.75, 3.05) is 71.0 Å². The smallest absolute Gasteiger partial charge is 0.224 e. The third kappa shape index (κ3) is 22.5. The quantitative estimate of drug-likeness (QED) is 0.0202. The molecule has 3 aliphatic carbocycles. The van der Waals surface area contributed by atoms with Crippen molar-refractivity contribution in [2.24, 2.45) is 0 Å². The number of phenols is 4. The highest BCUT2D eigenvalue weighted by Gasteiger charge is 2.36. The number of hydrogen-bond donors (Lipinski definition) is 8. The zero-order chi connectivity index (χ0) is 97.0. The molecule has 12 aromatic rings. The van der Waals surface area contributed by atoms with E-state index >= 15 is 0 Å². The van der Waals surface area contributed by atoms with Gasteiger partial charge in [-0.15, -0.1) is 0 Å². The molecule has 4 aromatic carbocycles. The summed E-state index contributed by atoms with van der Waals surface area (Å²) >= 11 is 0. The number of aromatic nitrogens is 7. The van der Waals surface area contributed by atoms with Gasteiger partial charge in [-0.05, 0) is 237 Å². The monoisotopic (exact) mass is 1850 g/mol. The summed E-state index contributed by atoms with van der Waals surface area (Å²) in [5.41, 5.74) is 18.6. The summed E-state index contributed by atoms with van der Waals surface area (Å²) in [4.78, 5) is 81.5. The Balaban J connectivity index is 0.000000153. The first kappa shape index (κ1) is 96.8. The number of allylic oxidation sites excluding steroid dienone is 6. The van der Waals surface area contributed by atoms with E-state index in [1.807, 2.05) is 99.5 Å². The van der Waals surface area contributed by atoms with Crippen LogP contribution in [0.2, 0.25) is 0 Å². The predicted octanol–water partition coefficient (Wildman–Crippen LogP) is 16.7. The van der Waals surface area contributed by atoms with Crippen LogP contribution in [0.5, 0.6) is 74.9 Å². The molecule has 4 aliphatic rings. The number of furan rings is 1. The average molecular weight is 1850 g/mol. The number of amides is 4. The molecule has 0 radical (unpaired) electrons. The Morgan fingerprint density at radius 3 is 1.43 bits per heavy atom. The molecule has 8 aromatic heterocycles. The maximum absolute atomic E-state index is 14.9. The summed E-state index contributed by atoms with van der Waals surface area (Å²) in [7, 11) is 15.1. The summed E-state index contributed by atoms with van der Waals surface area (Å²) in [5, 5.41) is 52.4. The normalized spacial score (nSPS) is 14.2. The number of pyridine rings is 7. The molecule has 136 heavy (non-hydrogen) atoms. The zero-order valence-electron chi connectivity index (χ0n) is 76.7. The van der Waals surface area contributed by atoms with Crippen LogP contribution in [0.25, 0.3) is 63.4 Å². The Bertz CT molecular complexity index is 6600. The molecule has 16 rings (SSSR count). The minimum atomic E-state index is -0.615. The molecular weight excluding hydrogens is 1750 g/mol. The molecule has 9 heterocycles. The summed E-state index contributed by atoms with van der Waals surface area (Å²) in [6.45, 7) is 7.05. The van der Waals surface area contributed by atoms with Crippen molar-refractivity contribution in [1.29, 1.82) is 0 Å². The fourth-order valence-electron chi connectivity index (χ4n) is 15.9. The number of carbonyl (C=O) groups excluding carboxylic acids is 4. The Kier molecular flexibility index (Phi) is 31.6. The Hall–Kier alpha value is -16.7. The first-order chi connectivity index (χ1) is 65.7. The van der Waals surface area contributed by atoms with E-state index in [2.05, 4.69) is 56.2 Å². The van der Waals surface area contributed by atoms with Crippen molar-refractivity contribution in [3.63, 3.8) is 0 Å². The van der Waals surface area contributed by atoms with Gasteiger partial charge in [-0.2, -0.15) is 4.39 Å². The third-order valence-electron chi connectivity index (χ3n) is 22.9. The minimum absolute atomic E-state index is 0.00611. The molecule has 1 atom stereocenters. The van der Waals surface area contributed by atoms with E-state index in [9.17, 15) is 52.8 Å². The number of hydrogen-bond acceptors (Lipinski definition) is 26. The fraction of sp³-hybridized carbons (Fsp3) is 0.214. The van der Waals surface area contributed by atoms with E-state index in [-0.39, 0.29) is 113 Å². The summed E-state index contributed by atoms with van der Waals surface area (Å²) < 4.78 is 95.7. The molecule has 0 bridgehead atoms. The Morgan fingerprint density at radius 2 is 0.912 bits per heavy atom. The van der Waals surface area contributed by atoms with E-state index < -0.39 is 23.6 Å². The molecule has 0 spiro atoms. The van der Waals surface area contributed by atoms with Crippen LogP contribution >= 0.6 is 0 Å². The van der Waals surface area contributed by atoms with E-state index in [0.717, 1.165) is 96.1 Å². The van der Waals surface area contributed by atoms with Gasteiger partial charge in [0.15, 0.2) is 46.0 Å². The van der Waals surface area contributed by atoms with Gasteiger partial charge in [0.1, 0.15) is 17.4 Å². The molecule has 4 amide bonds. The zero-order valence-corrected chi connectivity index (χ0v) is 76.7. The number of rotatable bonds is 29. The van der Waals surface area contributed by atoms with Crippen LogP contribution in [-0.4, -0.2) is 155 Å². The second-order valence-electron chi connectivity index (χ2n) is 31.2. The van der Waals surface area contributed by atoms with Gasteiger partial charge in [-0.25, -0.2) is 18.7 Å². The standard InChI is InChI=1S/2C26H24FN3O4.C26H26N2O6.C25H25FN4O4/c1-15-18(8-17-9-22(33-2)26(32)23(10-17)34-3)21-14-29-24(27)11-20(21)19(15)12-25(31)30-13-16-4-6-28-7-5-16;1-15-18(8-16-9-22(33-2)26(32)23(10-16)34-3)20-13-28-14-21(27)25(20)19(15)11-24(31)30-12-17-6-4-5-7-29-17;1-15-18(8-16-9-22(31-2)26(30)23(10-16)32-3)20-12-25(33-4)28-14-21(20)19(15)11-24(29)27-13-17-6-5-7-34-17;1-30-19(11-23(31)28-13-15-5-4-6-27-12-15)18-10-17(26)14-29-24(18)20(30)7-16-8-21(33-2)25(32)22(9-16)34-3/h4-11,14,32H,12-13H2,1-3H3,(H,30,31);4-10,13-14,32H,11-12H2,1-3H3,(H,30,31);5-10,12,14,30H,11,13H2,1-4H3,(H,27,29);4-10,12,14,19,32H,11,13H2,1-3H3,(H,28,31)/b3*18-8-;20-7+. The summed E-state index contributed by atoms with van der Waals surface area (Å²) in [6.07, 6.45) is 24.9. The second-order valence-corrected chi connectivity index (χ2v) is 31.2. The molecular formula is C103H99F3N12O18. The van der Waals surface area contributed by atoms with Crippen molar-refractivity contribution >= 4 is 87.1 Å². The number of ether oxygens (including phenoxy) is 9. The highest BCUT2D eigenvalue weighted by atomic mass is 19.1. The fourth-order valence-corrected chi connectivity index (χ4v) is 15.9. The number of fused-ring (bicyclic) bond motifs is 4. The van der Waals surface area contributed by atoms with Crippen LogP contribution in [0.15, 0.2) is 211 Å². The molecule has 30 nitrogen and oxygen atoms in total. The number of aromatic hydroxyl groups is 4. The lowest BCUT2D eigenvalue weighted by Crippen LogP contribution is -2.28. The van der Waals surface area contributed by atoms with E-state index in [0.29, 0.717) is 98.7 Å². The van der Waals surface area contributed by atoms with Gasteiger partial charge in [0.2, 0.25) is 58.5 Å². The lowest BCUT2D eigenvalue weighted by molar-refractivity contribution is -0.122. The number of phenolic OH excluding ortho intramolecular Hbond substituents is 4. The average Bonchev–Trinajstić information content (AvgIpc) is 1.64. The van der Waals surface area contributed by atoms with Gasteiger partial charge < -0.3 is 93.6 Å². The van der Waals surface area contributed by atoms with Gasteiger partial charge >= 0.3 is 0 Å². The van der Waals surface area contributed by atoms with Gasteiger partial charge in [0.05, 0.1) is 145 Å².